The smallest absolute Gasteiger partial charge is 0.244 e. The van der Waals surface area contributed by atoms with E-state index in [1.807, 2.05) is 12.1 Å². The molecule has 0 aliphatic carbocycles. The third kappa shape index (κ3) is 7.21. The van der Waals surface area contributed by atoms with Crippen molar-refractivity contribution in [1.29, 1.82) is 0 Å². The van der Waals surface area contributed by atoms with E-state index in [0.717, 1.165) is 44.8 Å². The summed E-state index contributed by atoms with van der Waals surface area (Å²) in [4.78, 5) is 21.3. The third-order valence-corrected chi connectivity index (χ3v) is 6.12. The van der Waals surface area contributed by atoms with Gasteiger partial charge in [-0.05, 0) is 53.6 Å². The van der Waals surface area contributed by atoms with E-state index in [1.54, 1.807) is 30.5 Å². The standard InChI is InChI=1S/C28H31FN4O2/c1-2-32-14-16-33(17-15-32)21-24-7-4-3-6-23(24)19-31-28(34)12-10-22-9-11-27(26(29)18-22)35-25-8-5-13-30-20-25/h3-13,18,20H,2,14-17,19,21H2,1H3,(H,31,34)/b12-10+. The summed E-state index contributed by atoms with van der Waals surface area (Å²) in [6.07, 6.45) is 6.14. The monoisotopic (exact) mass is 474 g/mol. The van der Waals surface area contributed by atoms with Crippen LogP contribution in [0.5, 0.6) is 11.5 Å². The number of hydrogen-bond acceptors (Lipinski definition) is 5. The van der Waals surface area contributed by atoms with Crippen molar-refractivity contribution in [1.82, 2.24) is 20.1 Å². The van der Waals surface area contributed by atoms with Crippen molar-refractivity contribution in [2.24, 2.45) is 0 Å². The van der Waals surface area contributed by atoms with E-state index in [9.17, 15) is 9.18 Å². The highest BCUT2D eigenvalue weighted by Crippen LogP contribution is 2.24. The molecule has 7 heteroatoms. The van der Waals surface area contributed by atoms with Crippen LogP contribution >= 0.6 is 0 Å². The van der Waals surface area contributed by atoms with Crippen LogP contribution in [0.3, 0.4) is 0 Å². The average molecular weight is 475 g/mol. The molecule has 1 fully saturated rings. The Labute approximate surface area is 206 Å². The lowest BCUT2D eigenvalue weighted by Crippen LogP contribution is -2.45. The fourth-order valence-electron chi connectivity index (χ4n) is 4.04. The second-order valence-corrected chi connectivity index (χ2v) is 8.51. The SMILES string of the molecule is CCN1CCN(Cc2ccccc2CNC(=O)/C=C/c2ccc(Oc3cccnc3)c(F)c2)CC1. The number of carbonyl (C=O) groups excluding carboxylic acids is 1. The van der Waals surface area contributed by atoms with E-state index in [4.69, 9.17) is 4.74 Å². The number of benzene rings is 2. The second kappa shape index (κ2) is 12.2. The summed E-state index contributed by atoms with van der Waals surface area (Å²) in [5, 5.41) is 2.94. The zero-order valence-corrected chi connectivity index (χ0v) is 20.0. The van der Waals surface area contributed by atoms with Crippen molar-refractivity contribution >= 4 is 12.0 Å². The minimum absolute atomic E-state index is 0.104. The van der Waals surface area contributed by atoms with Crippen LogP contribution in [0, 0.1) is 5.82 Å². The summed E-state index contributed by atoms with van der Waals surface area (Å²) in [5.74, 6) is -0.178. The zero-order valence-electron chi connectivity index (χ0n) is 20.0. The maximum absolute atomic E-state index is 14.4. The molecule has 4 rings (SSSR count). The molecule has 1 aliphatic heterocycles. The van der Waals surface area contributed by atoms with Crippen LogP contribution in [0.25, 0.3) is 6.08 Å². The lowest BCUT2D eigenvalue weighted by molar-refractivity contribution is -0.116. The Hall–Kier alpha value is -3.55. The molecule has 1 saturated heterocycles. The summed E-state index contributed by atoms with van der Waals surface area (Å²) in [5.41, 5.74) is 2.91. The molecule has 3 aromatic rings. The molecule has 2 aromatic carbocycles. The normalized spacial score (nSPS) is 14.8. The van der Waals surface area contributed by atoms with Gasteiger partial charge in [0.2, 0.25) is 5.91 Å². The average Bonchev–Trinajstić information content (AvgIpc) is 2.89. The molecule has 6 nitrogen and oxygen atoms in total. The lowest BCUT2D eigenvalue weighted by Gasteiger charge is -2.34. The summed E-state index contributed by atoms with van der Waals surface area (Å²) >= 11 is 0. The summed E-state index contributed by atoms with van der Waals surface area (Å²) in [6, 6.07) is 16.2. The fourth-order valence-corrected chi connectivity index (χ4v) is 4.04. The van der Waals surface area contributed by atoms with Crippen molar-refractivity contribution in [3.8, 4) is 11.5 Å². The first-order valence-corrected chi connectivity index (χ1v) is 12.0. The van der Waals surface area contributed by atoms with Crippen molar-refractivity contribution < 1.29 is 13.9 Å². The van der Waals surface area contributed by atoms with Crippen molar-refractivity contribution in [3.63, 3.8) is 0 Å². The molecule has 1 aromatic heterocycles. The molecule has 0 saturated carbocycles. The van der Waals surface area contributed by atoms with Gasteiger partial charge in [0.15, 0.2) is 11.6 Å². The number of nitrogens with zero attached hydrogens (tertiary/aromatic N) is 3. The van der Waals surface area contributed by atoms with E-state index < -0.39 is 5.82 Å². The van der Waals surface area contributed by atoms with Crippen LogP contribution in [0.15, 0.2) is 73.1 Å². The predicted molar refractivity (Wildman–Crippen MR) is 135 cm³/mol. The molecule has 1 aliphatic rings. The Morgan fingerprint density at radius 2 is 1.83 bits per heavy atom. The number of rotatable bonds is 9. The van der Waals surface area contributed by atoms with Crippen LogP contribution in [0.2, 0.25) is 0 Å². The number of carbonyl (C=O) groups is 1. The topological polar surface area (TPSA) is 57.7 Å². The Kier molecular flexibility index (Phi) is 8.59. The predicted octanol–water partition coefficient (Wildman–Crippen LogP) is 4.48. The second-order valence-electron chi connectivity index (χ2n) is 8.51. The van der Waals surface area contributed by atoms with Gasteiger partial charge in [-0.1, -0.05) is 37.3 Å². The summed E-state index contributed by atoms with van der Waals surface area (Å²) in [6.45, 7) is 8.92. The zero-order chi connectivity index (χ0) is 24.5. The first kappa shape index (κ1) is 24.6. The lowest BCUT2D eigenvalue weighted by atomic mass is 10.1. The number of piperazine rings is 1. The van der Waals surface area contributed by atoms with E-state index in [-0.39, 0.29) is 11.7 Å². The molecule has 182 valence electrons. The Bertz CT molecular complexity index is 1140. The van der Waals surface area contributed by atoms with Gasteiger partial charge in [0.05, 0.1) is 6.20 Å². The van der Waals surface area contributed by atoms with Gasteiger partial charge >= 0.3 is 0 Å². The maximum atomic E-state index is 14.4. The number of aromatic nitrogens is 1. The Morgan fingerprint density at radius 1 is 1.06 bits per heavy atom. The van der Waals surface area contributed by atoms with Crippen LogP contribution < -0.4 is 10.1 Å². The molecule has 1 amide bonds. The van der Waals surface area contributed by atoms with E-state index in [2.05, 4.69) is 39.2 Å². The van der Waals surface area contributed by atoms with Gasteiger partial charge in [-0.15, -0.1) is 0 Å². The highest BCUT2D eigenvalue weighted by Gasteiger charge is 2.16. The van der Waals surface area contributed by atoms with Crippen LogP contribution in [-0.4, -0.2) is 53.4 Å². The molecule has 0 bridgehead atoms. The molecule has 0 radical (unpaired) electrons. The summed E-state index contributed by atoms with van der Waals surface area (Å²) in [7, 11) is 0. The van der Waals surface area contributed by atoms with Crippen LogP contribution in [-0.2, 0) is 17.9 Å². The van der Waals surface area contributed by atoms with Gasteiger partial charge in [0.25, 0.3) is 0 Å². The van der Waals surface area contributed by atoms with E-state index in [1.165, 1.54) is 30.0 Å². The molecule has 0 unspecified atom stereocenters. The van der Waals surface area contributed by atoms with Gasteiger partial charge < -0.3 is 15.0 Å². The maximum Gasteiger partial charge on any atom is 0.244 e. The Morgan fingerprint density at radius 3 is 2.54 bits per heavy atom. The Balaban J connectivity index is 1.30. The van der Waals surface area contributed by atoms with Gasteiger partial charge in [-0.25, -0.2) is 4.39 Å². The number of halogens is 1. The first-order chi connectivity index (χ1) is 17.1. The number of amides is 1. The van der Waals surface area contributed by atoms with Gasteiger partial charge in [0, 0.05) is 51.5 Å². The number of pyridine rings is 1. The number of likely N-dealkylation sites (N-methyl/N-ethyl adjacent to an activating group) is 1. The largest absolute Gasteiger partial charge is 0.453 e. The third-order valence-electron chi connectivity index (χ3n) is 6.12. The molecule has 0 atom stereocenters. The summed E-state index contributed by atoms with van der Waals surface area (Å²) < 4.78 is 19.9. The van der Waals surface area contributed by atoms with Gasteiger partial charge in [-0.3, -0.25) is 14.7 Å². The van der Waals surface area contributed by atoms with Gasteiger partial charge in [-0.2, -0.15) is 0 Å². The highest BCUT2D eigenvalue weighted by atomic mass is 19.1. The molecule has 0 spiro atoms. The molecule has 35 heavy (non-hydrogen) atoms. The quantitative estimate of drug-likeness (QED) is 0.464. The van der Waals surface area contributed by atoms with Crippen LogP contribution in [0.4, 0.5) is 4.39 Å². The number of ether oxygens (including phenoxy) is 1. The molecule has 1 N–H and O–H groups in total. The molecular weight excluding hydrogens is 443 g/mol. The van der Waals surface area contributed by atoms with E-state index in [0.29, 0.717) is 17.9 Å². The number of nitrogens with one attached hydrogen (secondary N) is 1. The van der Waals surface area contributed by atoms with Gasteiger partial charge in [0.1, 0.15) is 5.75 Å². The minimum Gasteiger partial charge on any atom is -0.453 e. The molecular formula is C28H31FN4O2. The van der Waals surface area contributed by atoms with Crippen molar-refractivity contribution in [2.45, 2.75) is 20.0 Å². The van der Waals surface area contributed by atoms with Crippen molar-refractivity contribution in [3.05, 3.63) is 95.6 Å². The fraction of sp³-hybridized carbons (Fsp3) is 0.286. The minimum atomic E-state index is -0.509. The van der Waals surface area contributed by atoms with Crippen LogP contribution in [0.1, 0.15) is 23.6 Å². The van der Waals surface area contributed by atoms with E-state index >= 15 is 0 Å². The molecule has 2 heterocycles. The highest BCUT2D eigenvalue weighted by molar-refractivity contribution is 5.91. The number of hydrogen-bond donors (Lipinski definition) is 1. The first-order valence-electron chi connectivity index (χ1n) is 12.0. The van der Waals surface area contributed by atoms with Crippen molar-refractivity contribution in [2.75, 3.05) is 32.7 Å².